The van der Waals surface area contributed by atoms with Gasteiger partial charge in [0.1, 0.15) is 6.61 Å². The predicted molar refractivity (Wildman–Crippen MR) is 140 cm³/mol. The number of amidine groups is 1. The predicted octanol–water partition coefficient (Wildman–Crippen LogP) is 5.45. The molecule has 4 rings (SSSR count). The van der Waals surface area contributed by atoms with Crippen LogP contribution in [0.3, 0.4) is 0 Å². The van der Waals surface area contributed by atoms with Gasteiger partial charge in [-0.2, -0.15) is 10.4 Å². The van der Waals surface area contributed by atoms with Crippen LogP contribution in [0.25, 0.3) is 11.1 Å². The van der Waals surface area contributed by atoms with Crippen LogP contribution in [-0.2, 0) is 4.74 Å². The summed E-state index contributed by atoms with van der Waals surface area (Å²) < 4.78 is 10.5. The second-order valence-electron chi connectivity index (χ2n) is 7.03. The first-order chi connectivity index (χ1) is 17.1. The van der Waals surface area contributed by atoms with Gasteiger partial charge >= 0.3 is 0 Å². The standard InChI is InChI=1S/C23H22N6O2.2C2H6/c1-15-10-16(11-24)4-7-19(15)17-5-8-20(25-12-17)23-28-27-21(14-30-2)29(23)18-6-9-22(31-3)26-13-18;2*1-2/h4-10,12-13,23,28H,14H2,1-3H3;2*1-2H3. The molecule has 1 aromatic carbocycles. The van der Waals surface area contributed by atoms with E-state index in [2.05, 4.69) is 21.6 Å². The van der Waals surface area contributed by atoms with E-state index in [1.165, 1.54) is 0 Å². The van der Waals surface area contributed by atoms with Gasteiger partial charge in [0.25, 0.3) is 0 Å². The Morgan fingerprint density at radius 3 is 2.31 bits per heavy atom. The molecule has 0 fully saturated rings. The second kappa shape index (κ2) is 13.7. The van der Waals surface area contributed by atoms with Crippen LogP contribution < -0.4 is 15.1 Å². The van der Waals surface area contributed by atoms with E-state index in [4.69, 9.17) is 19.7 Å². The number of nitriles is 1. The SMILES string of the molecule is CC.CC.COCC1=NNC(c2ccc(-c3ccc(C#N)cc3C)cn2)N1c1ccc(OC)nc1. The van der Waals surface area contributed by atoms with Crippen LogP contribution in [0.1, 0.15) is 50.7 Å². The third kappa shape index (κ3) is 6.34. The van der Waals surface area contributed by atoms with E-state index in [1.54, 1.807) is 26.5 Å². The summed E-state index contributed by atoms with van der Waals surface area (Å²) in [5, 5.41) is 13.5. The van der Waals surface area contributed by atoms with Crippen molar-refractivity contribution in [3.63, 3.8) is 0 Å². The van der Waals surface area contributed by atoms with Crippen molar-refractivity contribution in [2.75, 3.05) is 25.7 Å². The summed E-state index contributed by atoms with van der Waals surface area (Å²) in [7, 11) is 3.22. The Morgan fingerprint density at radius 2 is 1.77 bits per heavy atom. The minimum atomic E-state index is -0.295. The summed E-state index contributed by atoms with van der Waals surface area (Å²) in [6, 6.07) is 15.5. The highest BCUT2D eigenvalue weighted by Gasteiger charge is 2.31. The average molecular weight is 475 g/mol. The molecule has 0 radical (unpaired) electrons. The van der Waals surface area contributed by atoms with Gasteiger partial charge in [-0.15, -0.1) is 0 Å². The van der Waals surface area contributed by atoms with Gasteiger partial charge in [-0.1, -0.05) is 39.8 Å². The molecule has 3 aromatic rings. The topological polar surface area (TPSA) is 95.7 Å². The number of ether oxygens (including phenoxy) is 2. The van der Waals surface area contributed by atoms with E-state index in [1.807, 2.05) is 82.1 Å². The number of rotatable bonds is 6. The second-order valence-corrected chi connectivity index (χ2v) is 7.03. The average Bonchev–Trinajstić information content (AvgIpc) is 3.35. The number of nitrogens with one attached hydrogen (secondary N) is 1. The zero-order valence-corrected chi connectivity index (χ0v) is 21.5. The van der Waals surface area contributed by atoms with Crippen molar-refractivity contribution in [3.05, 3.63) is 71.7 Å². The van der Waals surface area contributed by atoms with Gasteiger partial charge in [-0.05, 0) is 42.3 Å². The highest BCUT2D eigenvalue weighted by atomic mass is 16.5. The van der Waals surface area contributed by atoms with E-state index < -0.39 is 0 Å². The molecule has 1 atom stereocenters. The fourth-order valence-corrected chi connectivity index (χ4v) is 3.54. The summed E-state index contributed by atoms with van der Waals surface area (Å²) in [6.45, 7) is 10.3. The van der Waals surface area contributed by atoms with Gasteiger partial charge < -0.3 is 9.47 Å². The van der Waals surface area contributed by atoms with Crippen LogP contribution in [-0.4, -0.2) is 36.6 Å². The summed E-state index contributed by atoms with van der Waals surface area (Å²) in [4.78, 5) is 11.0. The number of hydrogen-bond acceptors (Lipinski definition) is 8. The summed E-state index contributed by atoms with van der Waals surface area (Å²) >= 11 is 0. The molecular formula is C27H34N6O2. The lowest BCUT2D eigenvalue weighted by molar-refractivity contribution is 0.244. The first-order valence-corrected chi connectivity index (χ1v) is 11.7. The van der Waals surface area contributed by atoms with Crippen molar-refractivity contribution < 1.29 is 9.47 Å². The smallest absolute Gasteiger partial charge is 0.213 e. The Bertz CT molecular complexity index is 1140. The molecule has 1 aliphatic heterocycles. The van der Waals surface area contributed by atoms with Gasteiger partial charge in [-0.25, -0.2) is 4.98 Å². The van der Waals surface area contributed by atoms with Gasteiger partial charge in [0.15, 0.2) is 12.0 Å². The Labute approximate surface area is 208 Å². The van der Waals surface area contributed by atoms with Crippen molar-refractivity contribution in [3.8, 4) is 23.1 Å². The fourth-order valence-electron chi connectivity index (χ4n) is 3.54. The van der Waals surface area contributed by atoms with Crippen LogP contribution in [0.4, 0.5) is 5.69 Å². The fraction of sp³-hybridized carbons (Fsp3) is 0.333. The summed E-state index contributed by atoms with van der Waals surface area (Å²) in [5.74, 6) is 1.27. The molecule has 8 heteroatoms. The molecule has 1 N–H and O–H groups in total. The van der Waals surface area contributed by atoms with E-state index >= 15 is 0 Å². The summed E-state index contributed by atoms with van der Waals surface area (Å²) in [6.07, 6.45) is 3.28. The molecule has 2 aromatic heterocycles. The molecule has 0 spiro atoms. The first-order valence-electron chi connectivity index (χ1n) is 11.7. The molecule has 1 aliphatic rings. The molecule has 1 unspecified atom stereocenters. The molecule has 184 valence electrons. The highest BCUT2D eigenvalue weighted by Crippen LogP contribution is 2.30. The lowest BCUT2D eigenvalue weighted by Crippen LogP contribution is -2.35. The first kappa shape index (κ1) is 27.3. The number of hydrogen-bond donors (Lipinski definition) is 1. The minimum absolute atomic E-state index is 0.295. The van der Waals surface area contributed by atoms with Gasteiger partial charge in [0.2, 0.25) is 5.88 Å². The third-order valence-electron chi connectivity index (χ3n) is 5.07. The maximum Gasteiger partial charge on any atom is 0.213 e. The largest absolute Gasteiger partial charge is 0.481 e. The number of pyridine rings is 2. The lowest BCUT2D eigenvalue weighted by Gasteiger charge is -2.26. The molecule has 35 heavy (non-hydrogen) atoms. The molecular weight excluding hydrogens is 440 g/mol. The van der Waals surface area contributed by atoms with Gasteiger partial charge in [-0.3, -0.25) is 15.3 Å². The number of anilines is 1. The third-order valence-corrected chi connectivity index (χ3v) is 5.07. The number of aryl methyl sites for hydroxylation is 1. The van der Waals surface area contributed by atoms with E-state index in [0.717, 1.165) is 33.9 Å². The van der Waals surface area contributed by atoms with Crippen LogP contribution in [0.5, 0.6) is 5.88 Å². The van der Waals surface area contributed by atoms with Crippen molar-refractivity contribution in [1.29, 1.82) is 5.26 Å². The van der Waals surface area contributed by atoms with Gasteiger partial charge in [0.05, 0.1) is 36.3 Å². The van der Waals surface area contributed by atoms with Crippen molar-refractivity contribution in [2.45, 2.75) is 40.8 Å². The lowest BCUT2D eigenvalue weighted by atomic mass is 10.00. The molecule has 0 aliphatic carbocycles. The number of methoxy groups -OCH3 is 2. The zero-order chi connectivity index (χ0) is 25.8. The minimum Gasteiger partial charge on any atom is -0.481 e. The highest BCUT2D eigenvalue weighted by molar-refractivity contribution is 6.00. The summed E-state index contributed by atoms with van der Waals surface area (Å²) in [5.41, 5.74) is 8.51. The molecule has 3 heterocycles. The Hall–Kier alpha value is -3.96. The van der Waals surface area contributed by atoms with Crippen LogP contribution in [0, 0.1) is 18.3 Å². The van der Waals surface area contributed by atoms with Gasteiger partial charge in [0, 0.05) is 24.9 Å². The van der Waals surface area contributed by atoms with E-state index in [0.29, 0.717) is 18.1 Å². The van der Waals surface area contributed by atoms with E-state index in [-0.39, 0.29) is 6.17 Å². The number of hydrazone groups is 1. The normalized spacial score (nSPS) is 13.8. The molecule has 0 saturated carbocycles. The molecule has 0 bridgehead atoms. The van der Waals surface area contributed by atoms with E-state index in [9.17, 15) is 0 Å². The van der Waals surface area contributed by atoms with Crippen molar-refractivity contribution >= 4 is 11.5 Å². The van der Waals surface area contributed by atoms with Crippen LogP contribution >= 0.6 is 0 Å². The maximum absolute atomic E-state index is 9.08. The van der Waals surface area contributed by atoms with Crippen molar-refractivity contribution in [2.24, 2.45) is 5.10 Å². The quantitative estimate of drug-likeness (QED) is 0.507. The zero-order valence-electron chi connectivity index (χ0n) is 21.5. The van der Waals surface area contributed by atoms with Crippen LogP contribution in [0.2, 0.25) is 0 Å². The molecule has 0 amide bonds. The monoisotopic (exact) mass is 474 g/mol. The number of nitrogens with zero attached hydrogens (tertiary/aromatic N) is 5. The molecule has 8 nitrogen and oxygen atoms in total. The van der Waals surface area contributed by atoms with Crippen molar-refractivity contribution in [1.82, 2.24) is 15.4 Å². The number of aromatic nitrogens is 2. The Balaban J connectivity index is 0.00000103. The number of benzene rings is 1. The molecule has 0 saturated heterocycles. The maximum atomic E-state index is 9.08. The Kier molecular flexibility index (Phi) is 10.7. The van der Waals surface area contributed by atoms with Crippen LogP contribution in [0.15, 0.2) is 60.0 Å². The Morgan fingerprint density at radius 1 is 1.00 bits per heavy atom.